The average molecular weight is 196 g/mol. The van der Waals surface area contributed by atoms with Gasteiger partial charge in [0, 0.05) is 11.1 Å². The number of ether oxygens (including phenoxy) is 2. The van der Waals surface area contributed by atoms with Crippen LogP contribution in [-0.2, 0) is 0 Å². The minimum absolute atomic E-state index is 0.160. The van der Waals surface area contributed by atoms with Crippen molar-refractivity contribution in [2.75, 3.05) is 14.2 Å². The first kappa shape index (κ1) is 10.7. The molecule has 0 aliphatic rings. The summed E-state index contributed by atoms with van der Waals surface area (Å²) in [6.07, 6.45) is 0. The summed E-state index contributed by atoms with van der Waals surface area (Å²) in [6, 6.07) is 0. The predicted octanol–water partition coefficient (Wildman–Crippen LogP) is 2.33. The van der Waals surface area contributed by atoms with Gasteiger partial charge in [0.1, 0.15) is 5.75 Å². The van der Waals surface area contributed by atoms with Crippen LogP contribution in [0.1, 0.15) is 16.7 Å². The van der Waals surface area contributed by atoms with Crippen LogP contribution >= 0.6 is 0 Å². The normalized spacial score (nSPS) is 10.1. The van der Waals surface area contributed by atoms with Crippen molar-refractivity contribution in [3.8, 4) is 17.2 Å². The van der Waals surface area contributed by atoms with Gasteiger partial charge < -0.3 is 14.6 Å². The molecule has 0 fully saturated rings. The molecule has 0 aliphatic heterocycles. The Labute approximate surface area is 84.3 Å². The molecule has 0 aliphatic carbocycles. The van der Waals surface area contributed by atoms with Crippen molar-refractivity contribution in [2.24, 2.45) is 0 Å². The molecular formula is C11H16O3. The molecule has 1 rings (SSSR count). The van der Waals surface area contributed by atoms with Crippen molar-refractivity contribution in [1.29, 1.82) is 0 Å². The number of phenols is 1. The summed E-state index contributed by atoms with van der Waals surface area (Å²) in [5.74, 6) is 1.41. The summed E-state index contributed by atoms with van der Waals surface area (Å²) in [7, 11) is 3.15. The Kier molecular flexibility index (Phi) is 2.89. The molecule has 14 heavy (non-hydrogen) atoms. The van der Waals surface area contributed by atoms with E-state index >= 15 is 0 Å². The number of methoxy groups -OCH3 is 2. The van der Waals surface area contributed by atoms with Gasteiger partial charge in [-0.3, -0.25) is 0 Å². The lowest BCUT2D eigenvalue weighted by atomic mass is 10.0. The van der Waals surface area contributed by atoms with E-state index in [4.69, 9.17) is 9.47 Å². The third kappa shape index (κ3) is 1.39. The van der Waals surface area contributed by atoms with E-state index < -0.39 is 0 Å². The molecule has 0 unspecified atom stereocenters. The Hall–Kier alpha value is -1.38. The Balaban J connectivity index is 3.55. The van der Waals surface area contributed by atoms with Crippen LogP contribution in [0.5, 0.6) is 17.2 Å². The molecule has 0 spiro atoms. The minimum atomic E-state index is 0.160. The van der Waals surface area contributed by atoms with E-state index in [0.29, 0.717) is 11.3 Å². The van der Waals surface area contributed by atoms with Crippen molar-refractivity contribution in [3.63, 3.8) is 0 Å². The summed E-state index contributed by atoms with van der Waals surface area (Å²) >= 11 is 0. The van der Waals surface area contributed by atoms with Gasteiger partial charge in [-0.2, -0.15) is 0 Å². The number of rotatable bonds is 2. The summed E-state index contributed by atoms with van der Waals surface area (Å²) in [4.78, 5) is 0. The van der Waals surface area contributed by atoms with E-state index in [1.54, 1.807) is 14.2 Å². The van der Waals surface area contributed by atoms with Gasteiger partial charge in [-0.15, -0.1) is 0 Å². The van der Waals surface area contributed by atoms with Crippen LogP contribution in [0.15, 0.2) is 0 Å². The van der Waals surface area contributed by atoms with Crippen LogP contribution in [0.25, 0.3) is 0 Å². The van der Waals surface area contributed by atoms with Crippen molar-refractivity contribution in [1.82, 2.24) is 0 Å². The van der Waals surface area contributed by atoms with Gasteiger partial charge in [0.05, 0.1) is 14.2 Å². The van der Waals surface area contributed by atoms with E-state index in [9.17, 15) is 5.11 Å². The van der Waals surface area contributed by atoms with Crippen molar-refractivity contribution < 1.29 is 14.6 Å². The minimum Gasteiger partial charge on any atom is -0.504 e. The topological polar surface area (TPSA) is 38.7 Å². The number of benzene rings is 1. The number of hydrogen-bond donors (Lipinski definition) is 1. The molecule has 3 heteroatoms. The molecular weight excluding hydrogens is 180 g/mol. The molecule has 1 aromatic carbocycles. The summed E-state index contributed by atoms with van der Waals surface area (Å²) in [5, 5.41) is 9.81. The second-order valence-corrected chi connectivity index (χ2v) is 3.29. The Bertz CT molecular complexity index is 292. The van der Waals surface area contributed by atoms with E-state index in [1.165, 1.54) is 0 Å². The maximum atomic E-state index is 9.81. The van der Waals surface area contributed by atoms with Crippen LogP contribution in [0.2, 0.25) is 0 Å². The smallest absolute Gasteiger partial charge is 0.164 e. The molecule has 0 radical (unpaired) electrons. The third-order valence-corrected chi connectivity index (χ3v) is 2.56. The Morgan fingerprint density at radius 1 is 0.786 bits per heavy atom. The largest absolute Gasteiger partial charge is 0.504 e. The van der Waals surface area contributed by atoms with Crippen LogP contribution < -0.4 is 9.47 Å². The van der Waals surface area contributed by atoms with E-state index in [-0.39, 0.29) is 5.75 Å². The fourth-order valence-corrected chi connectivity index (χ4v) is 1.63. The second kappa shape index (κ2) is 3.78. The maximum absolute atomic E-state index is 9.81. The highest BCUT2D eigenvalue weighted by Gasteiger charge is 2.17. The zero-order chi connectivity index (χ0) is 10.9. The van der Waals surface area contributed by atoms with Crippen LogP contribution in [-0.4, -0.2) is 19.3 Å². The third-order valence-electron chi connectivity index (χ3n) is 2.56. The lowest BCUT2D eigenvalue weighted by Crippen LogP contribution is -1.98. The van der Waals surface area contributed by atoms with Gasteiger partial charge in [-0.25, -0.2) is 0 Å². The standard InChI is InChI=1S/C11H16O3/c1-6-7(2)11(14-5)9(12)8(3)10(6)13-4/h12H,1-5H3. The highest BCUT2D eigenvalue weighted by molar-refractivity contribution is 5.61. The number of hydrogen-bond acceptors (Lipinski definition) is 3. The second-order valence-electron chi connectivity index (χ2n) is 3.29. The van der Waals surface area contributed by atoms with Gasteiger partial charge in [0.25, 0.3) is 0 Å². The molecule has 0 saturated heterocycles. The van der Waals surface area contributed by atoms with Gasteiger partial charge in [0.15, 0.2) is 11.5 Å². The van der Waals surface area contributed by atoms with Crippen molar-refractivity contribution >= 4 is 0 Å². The molecule has 0 saturated carbocycles. The lowest BCUT2D eigenvalue weighted by Gasteiger charge is -2.16. The summed E-state index contributed by atoms with van der Waals surface area (Å²) < 4.78 is 10.4. The molecule has 0 heterocycles. The van der Waals surface area contributed by atoms with Gasteiger partial charge in [-0.1, -0.05) is 0 Å². The average Bonchev–Trinajstić information content (AvgIpc) is 2.17. The first-order valence-corrected chi connectivity index (χ1v) is 4.45. The highest BCUT2D eigenvalue weighted by Crippen LogP contribution is 2.41. The number of aromatic hydroxyl groups is 1. The van der Waals surface area contributed by atoms with Crippen molar-refractivity contribution in [2.45, 2.75) is 20.8 Å². The van der Waals surface area contributed by atoms with Crippen LogP contribution in [0, 0.1) is 20.8 Å². The molecule has 3 nitrogen and oxygen atoms in total. The number of phenolic OH excluding ortho intramolecular Hbond substituents is 1. The molecule has 1 aromatic rings. The fraction of sp³-hybridized carbons (Fsp3) is 0.455. The fourth-order valence-electron chi connectivity index (χ4n) is 1.63. The Morgan fingerprint density at radius 2 is 1.21 bits per heavy atom. The SMILES string of the molecule is COc1c(C)c(C)c(OC)c(O)c1C. The van der Waals surface area contributed by atoms with E-state index in [0.717, 1.165) is 16.9 Å². The quantitative estimate of drug-likeness (QED) is 0.789. The zero-order valence-electron chi connectivity index (χ0n) is 9.26. The van der Waals surface area contributed by atoms with Gasteiger partial charge in [0.2, 0.25) is 0 Å². The molecule has 0 amide bonds. The Morgan fingerprint density at radius 3 is 1.64 bits per heavy atom. The van der Waals surface area contributed by atoms with Crippen LogP contribution in [0.4, 0.5) is 0 Å². The monoisotopic (exact) mass is 196 g/mol. The van der Waals surface area contributed by atoms with Gasteiger partial charge >= 0.3 is 0 Å². The summed E-state index contributed by atoms with van der Waals surface area (Å²) in [5.41, 5.74) is 2.62. The maximum Gasteiger partial charge on any atom is 0.164 e. The first-order valence-electron chi connectivity index (χ1n) is 4.45. The molecule has 0 aromatic heterocycles. The first-order chi connectivity index (χ1) is 6.54. The van der Waals surface area contributed by atoms with Crippen LogP contribution in [0.3, 0.4) is 0 Å². The molecule has 0 bridgehead atoms. The highest BCUT2D eigenvalue weighted by atomic mass is 16.5. The molecule has 0 atom stereocenters. The molecule has 1 N–H and O–H groups in total. The van der Waals surface area contributed by atoms with Crippen molar-refractivity contribution in [3.05, 3.63) is 16.7 Å². The zero-order valence-corrected chi connectivity index (χ0v) is 9.26. The lowest BCUT2D eigenvalue weighted by molar-refractivity contribution is 0.358. The van der Waals surface area contributed by atoms with Gasteiger partial charge in [-0.05, 0) is 26.3 Å². The summed E-state index contributed by atoms with van der Waals surface area (Å²) in [6.45, 7) is 5.65. The van der Waals surface area contributed by atoms with E-state index in [2.05, 4.69) is 0 Å². The molecule has 78 valence electrons. The predicted molar refractivity (Wildman–Crippen MR) is 55.4 cm³/mol. The van der Waals surface area contributed by atoms with E-state index in [1.807, 2.05) is 20.8 Å².